The molecule has 2 aromatic rings. The van der Waals surface area contributed by atoms with Crippen molar-refractivity contribution in [2.45, 2.75) is 19.9 Å². The second-order valence-electron chi connectivity index (χ2n) is 3.80. The van der Waals surface area contributed by atoms with E-state index in [2.05, 4.69) is 26.2 Å². The van der Waals surface area contributed by atoms with Gasteiger partial charge in [-0.25, -0.2) is 4.68 Å². The summed E-state index contributed by atoms with van der Waals surface area (Å²) in [5.41, 5.74) is 6.66. The predicted molar refractivity (Wildman–Crippen MR) is 73.4 cm³/mol. The van der Waals surface area contributed by atoms with E-state index in [1.54, 1.807) is 4.68 Å². The third-order valence-electron chi connectivity index (χ3n) is 2.59. The van der Waals surface area contributed by atoms with Crippen molar-refractivity contribution in [2.24, 2.45) is 0 Å². The third-order valence-corrected chi connectivity index (χ3v) is 3.12. The minimum atomic E-state index is 0.501. The fraction of sp³-hybridized carbons (Fsp3) is 0.333. The van der Waals surface area contributed by atoms with Gasteiger partial charge in [0.05, 0.1) is 12.2 Å². The Morgan fingerprint density at radius 2 is 2.06 bits per heavy atom. The molecule has 0 saturated heterocycles. The third kappa shape index (κ3) is 3.01. The molecule has 0 saturated carbocycles. The summed E-state index contributed by atoms with van der Waals surface area (Å²) in [6, 6.07) is 7.72. The highest BCUT2D eigenvalue weighted by Gasteiger charge is 2.07. The number of nitrogen functional groups attached to an aromatic ring is 1. The second-order valence-corrected chi connectivity index (χ2v) is 4.72. The van der Waals surface area contributed by atoms with Gasteiger partial charge in [-0.15, -0.1) is 5.10 Å². The lowest BCUT2D eigenvalue weighted by molar-refractivity contribution is 0.287. The van der Waals surface area contributed by atoms with E-state index in [-0.39, 0.29) is 0 Å². The molecule has 0 atom stereocenters. The summed E-state index contributed by atoms with van der Waals surface area (Å²) in [6.07, 6.45) is 0.817. The van der Waals surface area contributed by atoms with Crippen molar-refractivity contribution in [2.75, 3.05) is 12.3 Å². The summed E-state index contributed by atoms with van der Waals surface area (Å²) in [5, 5.41) is 7.84. The van der Waals surface area contributed by atoms with E-state index in [9.17, 15) is 0 Å². The lowest BCUT2D eigenvalue weighted by Crippen LogP contribution is -2.12. The Kier molecular flexibility index (Phi) is 4.19. The second kappa shape index (κ2) is 5.86. The number of nitrogens with two attached hydrogens (primary N) is 1. The first kappa shape index (κ1) is 12.9. The first-order valence-electron chi connectivity index (χ1n) is 5.77. The van der Waals surface area contributed by atoms with Gasteiger partial charge in [-0.05, 0) is 30.7 Å². The molecule has 1 aromatic heterocycles. The van der Waals surface area contributed by atoms with Gasteiger partial charge in [0, 0.05) is 4.47 Å². The molecule has 1 aromatic carbocycles. The van der Waals surface area contributed by atoms with Gasteiger partial charge in [0.15, 0.2) is 5.82 Å². The zero-order valence-corrected chi connectivity index (χ0v) is 11.7. The number of anilines is 1. The van der Waals surface area contributed by atoms with Crippen molar-refractivity contribution in [3.8, 4) is 5.75 Å². The summed E-state index contributed by atoms with van der Waals surface area (Å²) in [7, 11) is 0. The number of nitrogens with zero attached hydrogens (tertiary/aromatic N) is 3. The molecule has 18 heavy (non-hydrogen) atoms. The van der Waals surface area contributed by atoms with Crippen LogP contribution in [0.5, 0.6) is 5.75 Å². The predicted octanol–water partition coefficient (Wildman–Crippen LogP) is 2.26. The molecule has 6 heteroatoms. The van der Waals surface area contributed by atoms with E-state index < -0.39 is 0 Å². The van der Waals surface area contributed by atoms with Crippen molar-refractivity contribution >= 4 is 21.7 Å². The standard InChI is InChI=1S/C12H15BrN4O/c1-2-11-12(14)15-16-17(11)7-8-18-10-5-3-9(13)4-6-10/h3-6H,2,7-8,14H2,1H3. The fourth-order valence-electron chi connectivity index (χ4n) is 1.67. The monoisotopic (exact) mass is 310 g/mol. The molecule has 5 nitrogen and oxygen atoms in total. The van der Waals surface area contributed by atoms with E-state index in [0.29, 0.717) is 19.0 Å². The molecule has 0 spiro atoms. The average Bonchev–Trinajstić information content (AvgIpc) is 2.72. The molecule has 0 amide bonds. The molecule has 2 rings (SSSR count). The average molecular weight is 311 g/mol. The van der Waals surface area contributed by atoms with Crippen LogP contribution < -0.4 is 10.5 Å². The lowest BCUT2D eigenvalue weighted by Gasteiger charge is -2.07. The van der Waals surface area contributed by atoms with Gasteiger partial charge in [0.2, 0.25) is 0 Å². The highest BCUT2D eigenvalue weighted by molar-refractivity contribution is 9.10. The molecule has 2 N–H and O–H groups in total. The van der Waals surface area contributed by atoms with Crippen LogP contribution in [0.15, 0.2) is 28.7 Å². The van der Waals surface area contributed by atoms with Crippen molar-refractivity contribution < 1.29 is 4.74 Å². The van der Waals surface area contributed by atoms with Crippen LogP contribution in [0.25, 0.3) is 0 Å². The molecular weight excluding hydrogens is 296 g/mol. The molecule has 0 aliphatic rings. The van der Waals surface area contributed by atoms with Crippen LogP contribution in [0.4, 0.5) is 5.82 Å². The fourth-order valence-corrected chi connectivity index (χ4v) is 1.93. The smallest absolute Gasteiger partial charge is 0.169 e. The Bertz CT molecular complexity index is 509. The first-order valence-corrected chi connectivity index (χ1v) is 6.56. The summed E-state index contributed by atoms with van der Waals surface area (Å²) in [6.45, 7) is 3.21. The van der Waals surface area contributed by atoms with Gasteiger partial charge in [0.25, 0.3) is 0 Å². The molecule has 0 unspecified atom stereocenters. The maximum atomic E-state index is 5.71. The number of ether oxygens (including phenoxy) is 1. The minimum absolute atomic E-state index is 0.501. The summed E-state index contributed by atoms with van der Waals surface area (Å²) < 4.78 is 8.44. The normalized spacial score (nSPS) is 10.6. The van der Waals surface area contributed by atoms with Gasteiger partial charge in [-0.2, -0.15) is 0 Å². The number of hydrogen-bond acceptors (Lipinski definition) is 4. The van der Waals surface area contributed by atoms with Crippen molar-refractivity contribution in [1.82, 2.24) is 15.0 Å². The maximum absolute atomic E-state index is 5.71. The Morgan fingerprint density at radius 1 is 1.33 bits per heavy atom. The molecule has 1 heterocycles. The van der Waals surface area contributed by atoms with E-state index in [4.69, 9.17) is 10.5 Å². The van der Waals surface area contributed by atoms with Crippen molar-refractivity contribution in [3.05, 3.63) is 34.4 Å². The van der Waals surface area contributed by atoms with Crippen LogP contribution in [0.2, 0.25) is 0 Å². The van der Waals surface area contributed by atoms with Crippen LogP contribution >= 0.6 is 15.9 Å². The summed E-state index contributed by atoms with van der Waals surface area (Å²) in [5.74, 6) is 1.34. The molecule has 0 aliphatic carbocycles. The largest absolute Gasteiger partial charge is 0.492 e. The summed E-state index contributed by atoms with van der Waals surface area (Å²) in [4.78, 5) is 0. The highest BCUT2D eigenvalue weighted by atomic mass is 79.9. The molecular formula is C12H15BrN4O. The number of benzene rings is 1. The van der Waals surface area contributed by atoms with E-state index >= 15 is 0 Å². The highest BCUT2D eigenvalue weighted by Crippen LogP contribution is 2.16. The first-order chi connectivity index (χ1) is 8.70. The van der Waals surface area contributed by atoms with Crippen molar-refractivity contribution in [3.63, 3.8) is 0 Å². The molecule has 0 fully saturated rings. The Balaban J connectivity index is 1.90. The molecule has 0 aliphatic heterocycles. The van der Waals surface area contributed by atoms with Gasteiger partial charge < -0.3 is 10.5 Å². The SMILES string of the molecule is CCc1c(N)nnn1CCOc1ccc(Br)cc1. The Morgan fingerprint density at radius 3 is 2.72 bits per heavy atom. The van der Waals surface area contributed by atoms with Crippen LogP contribution in [-0.2, 0) is 13.0 Å². The number of hydrogen-bond donors (Lipinski definition) is 1. The zero-order valence-electron chi connectivity index (χ0n) is 10.1. The van der Waals surface area contributed by atoms with E-state index in [1.165, 1.54) is 0 Å². The molecule has 96 valence electrons. The van der Waals surface area contributed by atoms with Gasteiger partial charge in [-0.3, -0.25) is 0 Å². The maximum Gasteiger partial charge on any atom is 0.169 e. The number of halogens is 1. The minimum Gasteiger partial charge on any atom is -0.492 e. The van der Waals surface area contributed by atoms with E-state index in [0.717, 1.165) is 22.3 Å². The summed E-state index contributed by atoms with van der Waals surface area (Å²) >= 11 is 3.38. The van der Waals surface area contributed by atoms with Crippen LogP contribution in [0.3, 0.4) is 0 Å². The van der Waals surface area contributed by atoms with Gasteiger partial charge in [0.1, 0.15) is 12.4 Å². The molecule has 0 bridgehead atoms. The lowest BCUT2D eigenvalue weighted by atomic mass is 10.3. The molecule has 0 radical (unpaired) electrons. The van der Waals surface area contributed by atoms with E-state index in [1.807, 2.05) is 31.2 Å². The topological polar surface area (TPSA) is 66.0 Å². The van der Waals surface area contributed by atoms with Gasteiger partial charge >= 0.3 is 0 Å². The van der Waals surface area contributed by atoms with Crippen LogP contribution in [0, 0.1) is 0 Å². The van der Waals surface area contributed by atoms with Crippen LogP contribution in [-0.4, -0.2) is 21.6 Å². The number of rotatable bonds is 5. The zero-order chi connectivity index (χ0) is 13.0. The Labute approximate surface area is 114 Å². The number of aromatic nitrogens is 3. The van der Waals surface area contributed by atoms with Gasteiger partial charge in [-0.1, -0.05) is 28.1 Å². The quantitative estimate of drug-likeness (QED) is 0.920. The van der Waals surface area contributed by atoms with Crippen LogP contribution in [0.1, 0.15) is 12.6 Å². The van der Waals surface area contributed by atoms with Crippen molar-refractivity contribution in [1.29, 1.82) is 0 Å². The Hall–Kier alpha value is -1.56.